The molecule has 2 fully saturated rings. The molecule has 1 amide bonds. The fourth-order valence-corrected chi connectivity index (χ4v) is 3.91. The van der Waals surface area contributed by atoms with Gasteiger partial charge in [-0.1, -0.05) is 23.4 Å². The number of likely N-dealkylation sites (tertiary alicyclic amines) is 1. The van der Waals surface area contributed by atoms with E-state index in [0.717, 1.165) is 50.4 Å². The normalized spacial score (nSPS) is 23.8. The standard InChI is InChI=1S/C18H23N5O/c1-13-17(20-21-23(13)16-5-3-2-4-6-16)18(24)22-9-7-14-11-19-12-15(14)8-10-22/h2-6,14-15,19H,7-12H2,1H3/t14-,15+. The van der Waals surface area contributed by atoms with Crippen molar-refractivity contribution in [1.82, 2.24) is 25.2 Å². The predicted molar refractivity (Wildman–Crippen MR) is 91.1 cm³/mol. The van der Waals surface area contributed by atoms with E-state index in [1.807, 2.05) is 42.2 Å². The Morgan fingerprint density at radius 2 is 1.79 bits per heavy atom. The van der Waals surface area contributed by atoms with Crippen molar-refractivity contribution in [3.63, 3.8) is 0 Å². The summed E-state index contributed by atoms with van der Waals surface area (Å²) < 4.78 is 1.74. The van der Waals surface area contributed by atoms with Crippen molar-refractivity contribution < 1.29 is 4.79 Å². The van der Waals surface area contributed by atoms with E-state index in [0.29, 0.717) is 17.5 Å². The summed E-state index contributed by atoms with van der Waals surface area (Å²) in [6.45, 7) is 5.74. The fraction of sp³-hybridized carbons (Fsp3) is 0.500. The number of fused-ring (bicyclic) bond motifs is 1. The zero-order valence-corrected chi connectivity index (χ0v) is 14.0. The Kier molecular flexibility index (Phi) is 4.06. The molecule has 1 aromatic carbocycles. The second kappa shape index (κ2) is 6.36. The Bertz CT molecular complexity index is 712. The van der Waals surface area contributed by atoms with E-state index in [1.165, 1.54) is 0 Å². The number of aromatic nitrogens is 3. The second-order valence-electron chi connectivity index (χ2n) is 6.82. The molecule has 2 atom stereocenters. The number of carbonyl (C=O) groups excluding carboxylic acids is 1. The van der Waals surface area contributed by atoms with Gasteiger partial charge in [0.1, 0.15) is 0 Å². The van der Waals surface area contributed by atoms with E-state index in [-0.39, 0.29) is 5.91 Å². The Labute approximate surface area is 141 Å². The number of nitrogens with one attached hydrogen (secondary N) is 1. The third-order valence-corrected chi connectivity index (χ3v) is 5.40. The first-order valence-corrected chi connectivity index (χ1v) is 8.72. The maximum atomic E-state index is 12.9. The SMILES string of the molecule is Cc1c(C(=O)N2CC[C@@H]3CNC[C@@H]3CC2)nnn1-c1ccccc1. The van der Waals surface area contributed by atoms with E-state index in [4.69, 9.17) is 0 Å². The van der Waals surface area contributed by atoms with Gasteiger partial charge in [0.15, 0.2) is 5.69 Å². The molecule has 0 radical (unpaired) electrons. The van der Waals surface area contributed by atoms with Crippen LogP contribution >= 0.6 is 0 Å². The van der Waals surface area contributed by atoms with Crippen molar-refractivity contribution in [3.8, 4) is 5.69 Å². The quantitative estimate of drug-likeness (QED) is 0.912. The van der Waals surface area contributed by atoms with Crippen molar-refractivity contribution in [3.05, 3.63) is 41.7 Å². The Morgan fingerprint density at radius 1 is 1.12 bits per heavy atom. The zero-order valence-electron chi connectivity index (χ0n) is 14.0. The number of carbonyl (C=O) groups is 1. The van der Waals surface area contributed by atoms with Gasteiger partial charge >= 0.3 is 0 Å². The Hall–Kier alpha value is -2.21. The Morgan fingerprint density at radius 3 is 2.46 bits per heavy atom. The lowest BCUT2D eigenvalue weighted by molar-refractivity contribution is 0.0751. The average Bonchev–Trinajstić information content (AvgIpc) is 3.16. The van der Waals surface area contributed by atoms with Crippen LogP contribution in [0.15, 0.2) is 30.3 Å². The lowest BCUT2D eigenvalue weighted by Gasteiger charge is -2.20. The number of nitrogens with zero attached hydrogens (tertiary/aromatic N) is 4. The summed E-state index contributed by atoms with van der Waals surface area (Å²) in [7, 11) is 0. The third kappa shape index (κ3) is 2.71. The number of para-hydroxylation sites is 1. The van der Waals surface area contributed by atoms with Gasteiger partial charge in [-0.2, -0.15) is 0 Å². The number of hydrogen-bond donors (Lipinski definition) is 1. The maximum Gasteiger partial charge on any atom is 0.276 e. The molecule has 24 heavy (non-hydrogen) atoms. The summed E-state index contributed by atoms with van der Waals surface area (Å²) in [5.41, 5.74) is 2.21. The highest BCUT2D eigenvalue weighted by atomic mass is 16.2. The third-order valence-electron chi connectivity index (χ3n) is 5.40. The average molecular weight is 325 g/mol. The van der Waals surface area contributed by atoms with Crippen molar-refractivity contribution >= 4 is 5.91 Å². The first-order chi connectivity index (χ1) is 11.7. The van der Waals surface area contributed by atoms with Gasteiger partial charge in [0.25, 0.3) is 5.91 Å². The van der Waals surface area contributed by atoms with Crippen LogP contribution < -0.4 is 5.32 Å². The number of rotatable bonds is 2. The molecule has 1 N–H and O–H groups in total. The lowest BCUT2D eigenvalue weighted by Crippen LogP contribution is -2.33. The Balaban J connectivity index is 1.54. The van der Waals surface area contributed by atoms with Crippen molar-refractivity contribution in [2.45, 2.75) is 19.8 Å². The molecule has 0 aliphatic carbocycles. The van der Waals surface area contributed by atoms with Crippen LogP contribution in [0.3, 0.4) is 0 Å². The van der Waals surface area contributed by atoms with Gasteiger partial charge in [0.05, 0.1) is 11.4 Å². The van der Waals surface area contributed by atoms with E-state index in [9.17, 15) is 4.79 Å². The monoisotopic (exact) mass is 325 g/mol. The fourth-order valence-electron chi connectivity index (χ4n) is 3.91. The lowest BCUT2D eigenvalue weighted by atomic mass is 9.92. The van der Waals surface area contributed by atoms with Crippen LogP contribution in [0.4, 0.5) is 0 Å². The van der Waals surface area contributed by atoms with Gasteiger partial charge in [0.2, 0.25) is 0 Å². The van der Waals surface area contributed by atoms with Gasteiger partial charge in [-0.15, -0.1) is 5.10 Å². The summed E-state index contributed by atoms with van der Waals surface area (Å²) in [5, 5.41) is 11.8. The molecule has 2 aromatic rings. The van der Waals surface area contributed by atoms with Gasteiger partial charge in [-0.3, -0.25) is 4.79 Å². The summed E-state index contributed by atoms with van der Waals surface area (Å²) in [4.78, 5) is 14.9. The molecular weight excluding hydrogens is 302 g/mol. The van der Waals surface area contributed by atoms with Crippen LogP contribution in [0.1, 0.15) is 29.0 Å². The largest absolute Gasteiger partial charge is 0.337 e. The molecular formula is C18H23N5O. The molecule has 6 heteroatoms. The molecule has 3 heterocycles. The smallest absolute Gasteiger partial charge is 0.276 e. The van der Waals surface area contributed by atoms with Gasteiger partial charge < -0.3 is 10.2 Å². The molecule has 0 spiro atoms. The van der Waals surface area contributed by atoms with E-state index < -0.39 is 0 Å². The molecule has 6 nitrogen and oxygen atoms in total. The summed E-state index contributed by atoms with van der Waals surface area (Å²) >= 11 is 0. The highest BCUT2D eigenvalue weighted by molar-refractivity contribution is 5.93. The van der Waals surface area contributed by atoms with Crippen LogP contribution in [0.25, 0.3) is 5.69 Å². The van der Waals surface area contributed by atoms with Crippen LogP contribution in [-0.4, -0.2) is 52.0 Å². The van der Waals surface area contributed by atoms with Crippen molar-refractivity contribution in [2.75, 3.05) is 26.2 Å². The van der Waals surface area contributed by atoms with E-state index in [1.54, 1.807) is 4.68 Å². The zero-order chi connectivity index (χ0) is 16.5. The second-order valence-corrected chi connectivity index (χ2v) is 6.82. The molecule has 126 valence electrons. The molecule has 2 aliphatic heterocycles. The van der Waals surface area contributed by atoms with Gasteiger partial charge in [-0.25, -0.2) is 4.68 Å². The molecule has 0 bridgehead atoms. The van der Waals surface area contributed by atoms with Crippen molar-refractivity contribution in [1.29, 1.82) is 0 Å². The van der Waals surface area contributed by atoms with Gasteiger partial charge in [-0.05, 0) is 56.8 Å². The molecule has 4 rings (SSSR count). The maximum absolute atomic E-state index is 12.9. The highest BCUT2D eigenvalue weighted by Gasteiger charge is 2.32. The molecule has 0 saturated carbocycles. The molecule has 2 saturated heterocycles. The highest BCUT2D eigenvalue weighted by Crippen LogP contribution is 2.27. The van der Waals surface area contributed by atoms with Crippen LogP contribution in [0.5, 0.6) is 0 Å². The number of amides is 1. The molecule has 0 unspecified atom stereocenters. The minimum absolute atomic E-state index is 0.0163. The minimum Gasteiger partial charge on any atom is -0.337 e. The summed E-state index contributed by atoms with van der Waals surface area (Å²) in [6.07, 6.45) is 2.16. The van der Waals surface area contributed by atoms with E-state index >= 15 is 0 Å². The number of hydrogen-bond acceptors (Lipinski definition) is 4. The summed E-state index contributed by atoms with van der Waals surface area (Å²) in [6, 6.07) is 9.82. The van der Waals surface area contributed by atoms with Crippen LogP contribution in [-0.2, 0) is 0 Å². The van der Waals surface area contributed by atoms with Crippen LogP contribution in [0, 0.1) is 18.8 Å². The first-order valence-electron chi connectivity index (χ1n) is 8.72. The topological polar surface area (TPSA) is 63.1 Å². The summed E-state index contributed by atoms with van der Waals surface area (Å²) in [5.74, 6) is 1.44. The van der Waals surface area contributed by atoms with Crippen LogP contribution in [0.2, 0.25) is 0 Å². The van der Waals surface area contributed by atoms with E-state index in [2.05, 4.69) is 15.6 Å². The van der Waals surface area contributed by atoms with Crippen molar-refractivity contribution in [2.24, 2.45) is 11.8 Å². The number of benzene rings is 1. The molecule has 1 aromatic heterocycles. The first kappa shape index (κ1) is 15.3. The minimum atomic E-state index is 0.0163. The predicted octanol–water partition coefficient (Wildman–Crippen LogP) is 1.65. The molecule has 2 aliphatic rings. The van der Waals surface area contributed by atoms with Gasteiger partial charge in [0, 0.05) is 13.1 Å².